The van der Waals surface area contributed by atoms with Crippen LogP contribution in [0.1, 0.15) is 36.8 Å². The summed E-state index contributed by atoms with van der Waals surface area (Å²) in [6, 6.07) is -0.225. The summed E-state index contributed by atoms with van der Waals surface area (Å²) in [5.41, 5.74) is -3.13. The molecule has 11 heteroatoms. The summed E-state index contributed by atoms with van der Waals surface area (Å²) >= 11 is 0. The zero-order valence-corrected chi connectivity index (χ0v) is 13.8. The van der Waals surface area contributed by atoms with Crippen molar-refractivity contribution in [2.45, 2.75) is 44.1 Å². The highest BCUT2D eigenvalue weighted by atomic mass is 19.4. The topological polar surface area (TPSA) is 67.4 Å². The molecule has 0 spiro atoms. The molecule has 0 radical (unpaired) electrons. The molecule has 0 unspecified atom stereocenters. The van der Waals surface area contributed by atoms with Crippen LogP contribution in [0.4, 0.5) is 31.1 Å². The molecular weight excluding hydrogens is 382 g/mol. The molecule has 0 bridgehead atoms. The third kappa shape index (κ3) is 6.33. The zero-order chi connectivity index (χ0) is 20.2. The minimum Gasteiger partial charge on any atom is -0.484 e. The number of hydrogen-bond acceptors (Lipinski definition) is 3. The molecule has 1 aromatic carbocycles. The molecule has 150 valence electrons. The maximum atomic E-state index is 12.7. The van der Waals surface area contributed by atoms with E-state index < -0.39 is 47.8 Å². The molecule has 0 saturated heterocycles. The molecule has 1 saturated carbocycles. The summed E-state index contributed by atoms with van der Waals surface area (Å²) in [7, 11) is 0. The Morgan fingerprint density at radius 3 is 1.96 bits per heavy atom. The van der Waals surface area contributed by atoms with Crippen molar-refractivity contribution in [3.05, 3.63) is 29.3 Å². The lowest BCUT2D eigenvalue weighted by Gasteiger charge is -2.15. The minimum atomic E-state index is -5.03. The van der Waals surface area contributed by atoms with Gasteiger partial charge in [0.25, 0.3) is 5.91 Å². The van der Waals surface area contributed by atoms with Crippen molar-refractivity contribution in [2.24, 2.45) is 0 Å². The summed E-state index contributed by atoms with van der Waals surface area (Å²) in [6.45, 7) is -0.920. The van der Waals surface area contributed by atoms with Gasteiger partial charge in [-0.15, -0.1) is 0 Å². The molecule has 5 nitrogen and oxygen atoms in total. The zero-order valence-electron chi connectivity index (χ0n) is 13.8. The minimum absolute atomic E-state index is 0.0536. The molecule has 27 heavy (non-hydrogen) atoms. The van der Waals surface area contributed by atoms with E-state index >= 15 is 0 Å². The van der Waals surface area contributed by atoms with Gasteiger partial charge in [0.05, 0.1) is 11.1 Å². The Hall–Kier alpha value is -2.46. The van der Waals surface area contributed by atoms with Gasteiger partial charge < -0.3 is 10.1 Å². The maximum Gasteiger partial charge on any atom is 0.416 e. The molecule has 0 aromatic heterocycles. The number of benzene rings is 1. The van der Waals surface area contributed by atoms with Crippen LogP contribution >= 0.6 is 0 Å². The van der Waals surface area contributed by atoms with Crippen molar-refractivity contribution in [3.63, 3.8) is 0 Å². The predicted molar refractivity (Wildman–Crippen MR) is 80.9 cm³/mol. The van der Waals surface area contributed by atoms with Crippen LogP contribution in [-0.4, -0.2) is 24.6 Å². The van der Waals surface area contributed by atoms with E-state index in [0.29, 0.717) is 12.1 Å². The van der Waals surface area contributed by atoms with Gasteiger partial charge in [0, 0.05) is 6.04 Å². The van der Waals surface area contributed by atoms with E-state index in [-0.39, 0.29) is 12.1 Å². The molecule has 0 heterocycles. The van der Waals surface area contributed by atoms with Crippen molar-refractivity contribution in [1.29, 1.82) is 0 Å². The van der Waals surface area contributed by atoms with Crippen LogP contribution in [0.25, 0.3) is 0 Å². The van der Waals surface area contributed by atoms with Crippen molar-refractivity contribution >= 4 is 11.9 Å². The molecule has 0 atom stereocenters. The van der Waals surface area contributed by atoms with Crippen LogP contribution in [0.3, 0.4) is 0 Å². The van der Waals surface area contributed by atoms with Crippen molar-refractivity contribution in [2.75, 3.05) is 6.61 Å². The van der Waals surface area contributed by atoms with Crippen molar-refractivity contribution in [1.82, 2.24) is 10.6 Å². The largest absolute Gasteiger partial charge is 0.484 e. The molecule has 1 aromatic rings. The fraction of sp³-hybridized carbons (Fsp3) is 0.500. The number of nitrogens with one attached hydrogen (secondary N) is 2. The average molecular weight is 398 g/mol. The highest BCUT2D eigenvalue weighted by Crippen LogP contribution is 2.38. The van der Waals surface area contributed by atoms with E-state index in [1.807, 2.05) is 5.32 Å². The number of carbonyl (C=O) groups is 2. The summed E-state index contributed by atoms with van der Waals surface area (Å²) in [5, 5.41) is 4.45. The molecule has 2 N–H and O–H groups in total. The average Bonchev–Trinajstić information content (AvgIpc) is 3.03. The number of alkyl halides is 6. The number of carbonyl (C=O) groups excluding carboxylic acids is 2. The van der Waals surface area contributed by atoms with Gasteiger partial charge in [0.2, 0.25) is 0 Å². The van der Waals surface area contributed by atoms with E-state index in [9.17, 15) is 35.9 Å². The van der Waals surface area contributed by atoms with Crippen LogP contribution in [0, 0.1) is 0 Å². The summed E-state index contributed by atoms with van der Waals surface area (Å²) in [4.78, 5) is 23.2. The predicted octanol–water partition coefficient (Wildman–Crippen LogP) is 3.87. The second kappa shape index (κ2) is 8.05. The molecule has 1 fully saturated rings. The van der Waals surface area contributed by atoms with Gasteiger partial charge in [-0.25, -0.2) is 4.79 Å². The second-order valence-corrected chi connectivity index (χ2v) is 6.03. The number of imide groups is 1. The molecule has 1 aliphatic carbocycles. The van der Waals surface area contributed by atoms with Gasteiger partial charge >= 0.3 is 18.4 Å². The van der Waals surface area contributed by atoms with Crippen molar-refractivity contribution in [3.8, 4) is 5.75 Å². The number of rotatable bonds is 4. The van der Waals surface area contributed by atoms with Crippen LogP contribution in [0.2, 0.25) is 0 Å². The Bertz CT molecular complexity index is 664. The highest BCUT2D eigenvalue weighted by molar-refractivity contribution is 5.95. The van der Waals surface area contributed by atoms with Crippen molar-refractivity contribution < 1.29 is 40.7 Å². The monoisotopic (exact) mass is 398 g/mol. The standard InChI is InChI=1S/C16H16F6N2O3/c17-15(18,19)9-5-10(16(20,21)22)7-12(6-9)27-8-13(25)24-14(26)23-11-3-1-2-4-11/h5-7,11H,1-4,8H2,(H2,23,24,25,26). The second-order valence-electron chi connectivity index (χ2n) is 6.03. The Labute approximate surface area is 150 Å². The first kappa shape index (κ1) is 20.8. The quantitative estimate of drug-likeness (QED) is 0.757. The first-order valence-electron chi connectivity index (χ1n) is 7.98. The number of amides is 3. The SMILES string of the molecule is O=C(COc1cc(C(F)(F)F)cc(C(F)(F)F)c1)NC(=O)NC1CCCC1. The Morgan fingerprint density at radius 2 is 1.48 bits per heavy atom. The molecular formula is C16H16F6N2O3. The van der Waals surface area contributed by atoms with Crippen LogP contribution in [0.15, 0.2) is 18.2 Å². The number of halogens is 6. The summed E-state index contributed by atoms with van der Waals surface area (Å²) in [6.07, 6.45) is -6.63. The van der Waals surface area contributed by atoms with Crippen LogP contribution in [-0.2, 0) is 17.1 Å². The number of ether oxygens (including phenoxy) is 1. The molecule has 1 aliphatic rings. The lowest BCUT2D eigenvalue weighted by atomic mass is 10.1. The van der Waals surface area contributed by atoms with Gasteiger partial charge in [-0.2, -0.15) is 26.3 Å². The normalized spacial score (nSPS) is 15.5. The maximum absolute atomic E-state index is 12.7. The van der Waals surface area contributed by atoms with Gasteiger partial charge in [-0.05, 0) is 31.0 Å². The molecule has 0 aliphatic heterocycles. The smallest absolute Gasteiger partial charge is 0.416 e. The van der Waals surface area contributed by atoms with Gasteiger partial charge in [0.1, 0.15) is 5.75 Å². The lowest BCUT2D eigenvalue weighted by Crippen LogP contribution is -2.45. The van der Waals surface area contributed by atoms with E-state index in [0.717, 1.165) is 25.7 Å². The van der Waals surface area contributed by atoms with Gasteiger partial charge in [0.15, 0.2) is 6.61 Å². The first-order chi connectivity index (χ1) is 12.4. The highest BCUT2D eigenvalue weighted by Gasteiger charge is 2.37. The Balaban J connectivity index is 1.99. The Kier molecular flexibility index (Phi) is 6.22. The third-order valence-electron chi connectivity index (χ3n) is 3.87. The first-order valence-corrected chi connectivity index (χ1v) is 7.98. The number of hydrogen-bond donors (Lipinski definition) is 2. The van der Waals surface area contributed by atoms with E-state index in [1.165, 1.54) is 0 Å². The fourth-order valence-corrected chi connectivity index (χ4v) is 2.61. The lowest BCUT2D eigenvalue weighted by molar-refractivity contribution is -0.143. The Morgan fingerprint density at radius 1 is 0.963 bits per heavy atom. The van der Waals surface area contributed by atoms with E-state index in [4.69, 9.17) is 4.74 Å². The number of urea groups is 1. The third-order valence-corrected chi connectivity index (χ3v) is 3.87. The summed E-state index contributed by atoms with van der Waals surface area (Å²) in [5.74, 6) is -1.79. The van der Waals surface area contributed by atoms with Gasteiger partial charge in [-0.1, -0.05) is 12.8 Å². The van der Waals surface area contributed by atoms with Crippen LogP contribution in [0.5, 0.6) is 5.75 Å². The van der Waals surface area contributed by atoms with Gasteiger partial charge in [-0.3, -0.25) is 10.1 Å². The fourth-order valence-electron chi connectivity index (χ4n) is 2.61. The van der Waals surface area contributed by atoms with E-state index in [2.05, 4.69) is 5.32 Å². The molecule has 2 rings (SSSR count). The molecule has 3 amide bonds. The summed E-state index contributed by atoms with van der Waals surface area (Å²) < 4.78 is 81.2. The van der Waals surface area contributed by atoms with E-state index in [1.54, 1.807) is 0 Å². The van der Waals surface area contributed by atoms with Crippen LogP contribution < -0.4 is 15.4 Å².